The molecule has 3 aromatic rings. The molecule has 31 heavy (non-hydrogen) atoms. The number of nitrogens with one attached hydrogen (secondary N) is 1. The fourth-order valence-electron chi connectivity index (χ4n) is 4.22. The maximum Gasteiger partial charge on any atom is 0.416 e. The normalized spacial score (nSPS) is 20.2. The first kappa shape index (κ1) is 21.5. The lowest BCUT2D eigenvalue weighted by molar-refractivity contribution is -0.137. The number of nitrogens with zero attached hydrogens (tertiary/aromatic N) is 3. The molecule has 1 aromatic carbocycles. The molecule has 2 N–H and O–H groups in total. The van der Waals surface area contributed by atoms with E-state index in [4.69, 9.17) is 0 Å². The summed E-state index contributed by atoms with van der Waals surface area (Å²) in [5.41, 5.74) is -1.43. The lowest BCUT2D eigenvalue weighted by Gasteiger charge is -2.36. The zero-order chi connectivity index (χ0) is 22.4. The minimum Gasteiger partial charge on any atom is -0.390 e. The Morgan fingerprint density at radius 3 is 2.42 bits per heavy atom. The number of alkyl halides is 3. The molecule has 1 aliphatic carbocycles. The Bertz CT molecular complexity index is 1080. The number of imidazole rings is 1. The average molecular weight is 436 g/mol. The Kier molecular flexibility index (Phi) is 5.41. The van der Waals surface area contributed by atoms with Crippen LogP contribution in [-0.2, 0) is 6.18 Å². The van der Waals surface area contributed by atoms with Crippen LogP contribution >= 0.6 is 0 Å². The van der Waals surface area contributed by atoms with Gasteiger partial charge in [0.05, 0.1) is 11.2 Å². The summed E-state index contributed by atoms with van der Waals surface area (Å²) in [6, 6.07) is 7.88. The number of anilines is 1. The molecule has 0 aliphatic heterocycles. The van der Waals surface area contributed by atoms with Gasteiger partial charge in [0.25, 0.3) is 0 Å². The van der Waals surface area contributed by atoms with Crippen molar-refractivity contribution in [1.82, 2.24) is 14.6 Å². The fourth-order valence-corrected chi connectivity index (χ4v) is 4.22. The van der Waals surface area contributed by atoms with Crippen molar-refractivity contribution >= 4 is 11.5 Å². The van der Waals surface area contributed by atoms with Gasteiger partial charge in [-0.3, -0.25) is 0 Å². The highest BCUT2D eigenvalue weighted by molar-refractivity contribution is 5.65. The molecule has 0 amide bonds. The van der Waals surface area contributed by atoms with Crippen molar-refractivity contribution in [2.75, 3.05) is 5.32 Å². The minimum atomic E-state index is -4.53. The van der Waals surface area contributed by atoms with Crippen LogP contribution in [0.4, 0.5) is 23.4 Å². The molecule has 0 spiro atoms. The minimum absolute atomic E-state index is 0.0511. The van der Waals surface area contributed by atoms with Crippen LogP contribution in [0.25, 0.3) is 16.9 Å². The van der Waals surface area contributed by atoms with E-state index < -0.39 is 23.3 Å². The smallest absolute Gasteiger partial charge is 0.390 e. The molecule has 0 bridgehead atoms. The van der Waals surface area contributed by atoms with Crippen LogP contribution in [0.2, 0.25) is 0 Å². The molecule has 0 saturated heterocycles. The number of rotatable bonds is 4. The zero-order valence-electron chi connectivity index (χ0n) is 17.2. The van der Waals surface area contributed by atoms with Crippen LogP contribution in [0.5, 0.6) is 0 Å². The molecular weight excluding hydrogens is 412 g/mol. The van der Waals surface area contributed by atoms with Gasteiger partial charge in [0.15, 0.2) is 5.65 Å². The monoisotopic (exact) mass is 436 g/mol. The predicted octanol–water partition coefficient (Wildman–Crippen LogP) is 5.30. The molecule has 2 heterocycles. The van der Waals surface area contributed by atoms with Crippen molar-refractivity contribution in [1.29, 1.82) is 0 Å². The number of hydrogen-bond donors (Lipinski definition) is 2. The van der Waals surface area contributed by atoms with Crippen LogP contribution in [0.1, 0.15) is 45.1 Å². The molecule has 0 unspecified atom stereocenters. The molecule has 2 aromatic heterocycles. The summed E-state index contributed by atoms with van der Waals surface area (Å²) >= 11 is 0. The molecule has 166 valence electrons. The van der Waals surface area contributed by atoms with Gasteiger partial charge in [-0.1, -0.05) is 12.1 Å². The van der Waals surface area contributed by atoms with Gasteiger partial charge < -0.3 is 10.4 Å². The highest BCUT2D eigenvalue weighted by atomic mass is 19.4. The number of halogens is 4. The van der Waals surface area contributed by atoms with E-state index >= 15 is 0 Å². The fraction of sp³-hybridized carbons (Fsp3) is 0.455. The SMILES string of the molecule is CC(C)(O)[C@H]1CC[C@H](Nc2ccc3nc(F)c(-c4cccc(C(F)(F)F)c4)n3n2)CC1. The first-order chi connectivity index (χ1) is 14.5. The molecular formula is C22H24F4N4O. The molecule has 1 aliphatic rings. The van der Waals surface area contributed by atoms with Gasteiger partial charge in [0, 0.05) is 11.6 Å². The summed E-state index contributed by atoms with van der Waals surface area (Å²) in [6.45, 7) is 3.65. The lowest BCUT2D eigenvalue weighted by Crippen LogP contribution is -2.37. The maximum absolute atomic E-state index is 14.6. The van der Waals surface area contributed by atoms with Crippen LogP contribution in [0.15, 0.2) is 36.4 Å². The summed E-state index contributed by atoms with van der Waals surface area (Å²) < 4.78 is 55.1. The van der Waals surface area contributed by atoms with E-state index in [2.05, 4.69) is 15.4 Å². The third-order valence-electron chi connectivity index (χ3n) is 5.98. The average Bonchev–Trinajstić information content (AvgIpc) is 3.02. The van der Waals surface area contributed by atoms with E-state index in [-0.39, 0.29) is 28.9 Å². The van der Waals surface area contributed by atoms with Crippen molar-refractivity contribution < 1.29 is 22.7 Å². The second-order valence-corrected chi connectivity index (χ2v) is 8.66. The van der Waals surface area contributed by atoms with Crippen molar-refractivity contribution in [2.45, 2.75) is 57.3 Å². The van der Waals surface area contributed by atoms with Crippen LogP contribution in [-0.4, -0.2) is 31.3 Å². The predicted molar refractivity (Wildman–Crippen MR) is 109 cm³/mol. The molecule has 1 saturated carbocycles. The van der Waals surface area contributed by atoms with Gasteiger partial charge in [-0.25, -0.2) is 4.52 Å². The number of aromatic nitrogens is 3. The van der Waals surface area contributed by atoms with Gasteiger partial charge in [-0.15, -0.1) is 5.10 Å². The van der Waals surface area contributed by atoms with Crippen LogP contribution < -0.4 is 5.32 Å². The standard InChI is InChI=1S/C22H24F4N4O/c1-21(2,31)14-6-8-16(9-7-14)27-17-10-11-18-28-20(23)19(30(18)29-17)13-4-3-5-15(12-13)22(24,25)26/h3-5,10-12,14,16,31H,6-9H2,1-2H3,(H,27,29)/t14-,16-. The Morgan fingerprint density at radius 2 is 1.77 bits per heavy atom. The van der Waals surface area contributed by atoms with E-state index in [1.54, 1.807) is 12.1 Å². The molecule has 5 nitrogen and oxygen atoms in total. The molecule has 1 fully saturated rings. The Labute approximate surface area is 177 Å². The van der Waals surface area contributed by atoms with Gasteiger partial charge in [0.1, 0.15) is 11.5 Å². The van der Waals surface area contributed by atoms with Crippen molar-refractivity contribution in [2.24, 2.45) is 5.92 Å². The Balaban J connectivity index is 1.60. The highest BCUT2D eigenvalue weighted by Crippen LogP contribution is 2.35. The number of benzene rings is 1. The molecule has 0 radical (unpaired) electrons. The van der Waals surface area contributed by atoms with Crippen LogP contribution in [0, 0.1) is 11.9 Å². The van der Waals surface area contributed by atoms with Gasteiger partial charge in [-0.05, 0) is 69.7 Å². The lowest BCUT2D eigenvalue weighted by atomic mass is 9.77. The zero-order valence-corrected chi connectivity index (χ0v) is 17.2. The number of hydrogen-bond acceptors (Lipinski definition) is 4. The number of aliphatic hydroxyl groups is 1. The summed E-state index contributed by atoms with van der Waals surface area (Å²) in [6.07, 6.45) is -1.08. The summed E-state index contributed by atoms with van der Waals surface area (Å²) in [5.74, 6) is -0.157. The van der Waals surface area contributed by atoms with Crippen LogP contribution in [0.3, 0.4) is 0 Å². The quantitative estimate of drug-likeness (QED) is 0.545. The Hall–Kier alpha value is -2.68. The molecule has 0 atom stereocenters. The largest absolute Gasteiger partial charge is 0.416 e. The second-order valence-electron chi connectivity index (χ2n) is 8.66. The summed E-state index contributed by atoms with van der Waals surface area (Å²) in [7, 11) is 0. The van der Waals surface area contributed by atoms with E-state index in [1.807, 2.05) is 13.8 Å². The topological polar surface area (TPSA) is 62.5 Å². The first-order valence-corrected chi connectivity index (χ1v) is 10.2. The first-order valence-electron chi connectivity index (χ1n) is 10.2. The summed E-state index contributed by atoms with van der Waals surface area (Å²) in [5, 5.41) is 17.9. The van der Waals surface area contributed by atoms with Crippen molar-refractivity contribution in [3.05, 3.63) is 47.9 Å². The second kappa shape index (κ2) is 7.78. The summed E-state index contributed by atoms with van der Waals surface area (Å²) in [4.78, 5) is 3.80. The number of fused-ring (bicyclic) bond motifs is 1. The molecule has 4 rings (SSSR count). The third-order valence-corrected chi connectivity index (χ3v) is 5.98. The van der Waals surface area contributed by atoms with Gasteiger partial charge in [0.2, 0.25) is 5.95 Å². The van der Waals surface area contributed by atoms with E-state index in [1.165, 1.54) is 16.6 Å². The third kappa shape index (κ3) is 4.51. The van der Waals surface area contributed by atoms with Gasteiger partial charge >= 0.3 is 6.18 Å². The van der Waals surface area contributed by atoms with Crippen molar-refractivity contribution in [3.8, 4) is 11.3 Å². The van der Waals surface area contributed by atoms with Crippen molar-refractivity contribution in [3.63, 3.8) is 0 Å². The van der Waals surface area contributed by atoms with Gasteiger partial charge in [-0.2, -0.15) is 22.5 Å². The Morgan fingerprint density at radius 1 is 1.06 bits per heavy atom. The maximum atomic E-state index is 14.6. The van der Waals surface area contributed by atoms with E-state index in [0.29, 0.717) is 5.82 Å². The van der Waals surface area contributed by atoms with E-state index in [9.17, 15) is 22.7 Å². The van der Waals surface area contributed by atoms with E-state index in [0.717, 1.165) is 37.8 Å². The highest BCUT2D eigenvalue weighted by Gasteiger charge is 2.32. The molecule has 9 heteroatoms.